The molecule has 1 aliphatic heterocycles. The Balaban J connectivity index is 1.42. The van der Waals surface area contributed by atoms with Gasteiger partial charge >= 0.3 is 0 Å². The fraction of sp³-hybridized carbons (Fsp3) is 0.364. The highest BCUT2D eigenvalue weighted by Crippen LogP contribution is 2.26. The summed E-state index contributed by atoms with van der Waals surface area (Å²) < 4.78 is 3.78. The molecule has 1 saturated heterocycles. The van der Waals surface area contributed by atoms with Gasteiger partial charge < -0.3 is 4.90 Å². The highest BCUT2D eigenvalue weighted by Gasteiger charge is 2.18. The van der Waals surface area contributed by atoms with Crippen molar-refractivity contribution in [2.45, 2.75) is 38.3 Å². The fourth-order valence-corrected chi connectivity index (χ4v) is 4.71. The Bertz CT molecular complexity index is 1240. The summed E-state index contributed by atoms with van der Waals surface area (Å²) in [6.07, 6.45) is 7.25. The van der Waals surface area contributed by atoms with E-state index in [1.54, 1.807) is 0 Å². The van der Waals surface area contributed by atoms with Crippen LogP contribution in [0.3, 0.4) is 0 Å². The lowest BCUT2D eigenvalue weighted by Gasteiger charge is -2.26. The second-order valence-corrected chi connectivity index (χ2v) is 8.81. The number of thioether (sulfide) groups is 1. The van der Waals surface area contributed by atoms with E-state index in [4.69, 9.17) is 5.10 Å². The molecule has 0 unspecified atom stereocenters. The monoisotopic (exact) mass is 420 g/mol. The maximum Gasteiger partial charge on any atom is 0.233 e. The van der Waals surface area contributed by atoms with Gasteiger partial charge in [0.05, 0.1) is 11.4 Å². The Morgan fingerprint density at radius 2 is 1.87 bits per heavy atom. The zero-order valence-electron chi connectivity index (χ0n) is 17.2. The molecule has 5 rings (SSSR count). The minimum atomic E-state index is 0.180. The minimum absolute atomic E-state index is 0.180. The average Bonchev–Trinajstić information content (AvgIpc) is 3.38. The van der Waals surface area contributed by atoms with Crippen molar-refractivity contribution in [1.82, 2.24) is 29.1 Å². The molecular formula is C22H24N6OS. The predicted octanol–water partition coefficient (Wildman–Crippen LogP) is 3.77. The minimum Gasteiger partial charge on any atom is -0.342 e. The molecule has 0 atom stereocenters. The summed E-state index contributed by atoms with van der Waals surface area (Å²) in [6, 6.07) is 8.42. The molecule has 1 fully saturated rings. The van der Waals surface area contributed by atoms with E-state index in [-0.39, 0.29) is 5.91 Å². The third kappa shape index (κ3) is 3.45. The summed E-state index contributed by atoms with van der Waals surface area (Å²) in [5.41, 5.74) is 6.14. The Labute approximate surface area is 179 Å². The van der Waals surface area contributed by atoms with Crippen molar-refractivity contribution in [2.24, 2.45) is 0 Å². The lowest BCUT2D eigenvalue weighted by molar-refractivity contribution is -0.129. The number of rotatable bonds is 4. The topological polar surface area (TPSA) is 67.8 Å². The Kier molecular flexibility index (Phi) is 4.94. The van der Waals surface area contributed by atoms with Crippen LogP contribution in [0.5, 0.6) is 0 Å². The SMILES string of the molecule is Cc1ccc(-c2cc3c4nnc(SCC(=O)N5CCCCC5)n4ccn3n2)cc1C. The molecule has 4 aromatic rings. The van der Waals surface area contributed by atoms with Gasteiger partial charge in [-0.1, -0.05) is 23.9 Å². The van der Waals surface area contributed by atoms with E-state index >= 15 is 0 Å². The van der Waals surface area contributed by atoms with Gasteiger partial charge in [0.2, 0.25) is 5.91 Å². The maximum atomic E-state index is 12.5. The summed E-state index contributed by atoms with van der Waals surface area (Å²) in [6.45, 7) is 5.97. The van der Waals surface area contributed by atoms with Crippen LogP contribution in [-0.2, 0) is 4.79 Å². The number of piperidine rings is 1. The number of amides is 1. The largest absolute Gasteiger partial charge is 0.342 e. The van der Waals surface area contributed by atoms with Crippen LogP contribution in [0.15, 0.2) is 41.8 Å². The standard InChI is InChI=1S/C22H24N6OS/c1-15-6-7-17(12-16(15)2)18-13-19-21-23-24-22(27(21)10-11-28(19)25-18)30-14-20(29)26-8-4-3-5-9-26/h6-7,10-13H,3-5,8-9,14H2,1-2H3. The van der Waals surface area contributed by atoms with Crippen LogP contribution in [-0.4, -0.2) is 53.9 Å². The lowest BCUT2D eigenvalue weighted by Crippen LogP contribution is -2.36. The molecule has 0 spiro atoms. The van der Waals surface area contributed by atoms with E-state index in [2.05, 4.69) is 42.2 Å². The molecule has 4 heterocycles. The zero-order chi connectivity index (χ0) is 20.7. The summed E-state index contributed by atoms with van der Waals surface area (Å²) in [5, 5.41) is 14.2. The molecule has 3 aromatic heterocycles. The number of carbonyl (C=O) groups is 1. The van der Waals surface area contributed by atoms with Crippen molar-refractivity contribution < 1.29 is 4.79 Å². The smallest absolute Gasteiger partial charge is 0.233 e. The van der Waals surface area contributed by atoms with Gasteiger partial charge in [0.25, 0.3) is 0 Å². The number of likely N-dealkylation sites (tertiary alicyclic amines) is 1. The molecule has 154 valence electrons. The second-order valence-electron chi connectivity index (χ2n) is 7.86. The number of benzene rings is 1. The summed E-state index contributed by atoms with van der Waals surface area (Å²) in [7, 11) is 0. The van der Waals surface area contributed by atoms with E-state index in [0.717, 1.165) is 53.5 Å². The normalized spacial score (nSPS) is 14.7. The quantitative estimate of drug-likeness (QED) is 0.470. The van der Waals surface area contributed by atoms with E-state index in [1.807, 2.05) is 32.3 Å². The second kappa shape index (κ2) is 7.75. The van der Waals surface area contributed by atoms with E-state index in [0.29, 0.717) is 5.75 Å². The third-order valence-corrected chi connectivity index (χ3v) is 6.75. The van der Waals surface area contributed by atoms with Crippen LogP contribution in [0.25, 0.3) is 22.4 Å². The molecule has 1 aromatic carbocycles. The van der Waals surface area contributed by atoms with Gasteiger partial charge in [0.15, 0.2) is 10.8 Å². The van der Waals surface area contributed by atoms with Crippen molar-refractivity contribution in [3.05, 3.63) is 47.8 Å². The molecule has 1 aliphatic rings. The molecule has 30 heavy (non-hydrogen) atoms. The van der Waals surface area contributed by atoms with Gasteiger partial charge in [-0.05, 0) is 56.4 Å². The van der Waals surface area contributed by atoms with E-state index in [9.17, 15) is 4.79 Å². The Morgan fingerprint density at radius 1 is 1.03 bits per heavy atom. The Morgan fingerprint density at radius 3 is 2.67 bits per heavy atom. The molecule has 8 heteroatoms. The number of hydrogen-bond acceptors (Lipinski definition) is 5. The van der Waals surface area contributed by atoms with Crippen molar-refractivity contribution in [1.29, 1.82) is 0 Å². The predicted molar refractivity (Wildman–Crippen MR) is 118 cm³/mol. The first-order valence-corrected chi connectivity index (χ1v) is 11.3. The van der Waals surface area contributed by atoms with E-state index < -0.39 is 0 Å². The van der Waals surface area contributed by atoms with Crippen molar-refractivity contribution in [2.75, 3.05) is 18.8 Å². The highest BCUT2D eigenvalue weighted by atomic mass is 32.2. The average molecular weight is 421 g/mol. The molecule has 0 bridgehead atoms. The third-order valence-electron chi connectivity index (χ3n) is 5.82. The number of hydrogen-bond donors (Lipinski definition) is 0. The molecular weight excluding hydrogens is 396 g/mol. The molecule has 1 amide bonds. The number of nitrogens with zero attached hydrogens (tertiary/aromatic N) is 6. The molecule has 0 aliphatic carbocycles. The van der Waals surface area contributed by atoms with Crippen LogP contribution in [0.1, 0.15) is 30.4 Å². The van der Waals surface area contributed by atoms with Crippen LogP contribution in [0.4, 0.5) is 0 Å². The molecule has 0 N–H and O–H groups in total. The van der Waals surface area contributed by atoms with Crippen LogP contribution < -0.4 is 0 Å². The highest BCUT2D eigenvalue weighted by molar-refractivity contribution is 7.99. The van der Waals surface area contributed by atoms with Gasteiger partial charge in [-0.3, -0.25) is 9.20 Å². The van der Waals surface area contributed by atoms with Gasteiger partial charge in [-0.2, -0.15) is 5.10 Å². The number of aromatic nitrogens is 5. The van der Waals surface area contributed by atoms with Gasteiger partial charge in [-0.25, -0.2) is 4.52 Å². The molecule has 0 saturated carbocycles. The Hall–Kier alpha value is -2.87. The maximum absolute atomic E-state index is 12.5. The number of aryl methyl sites for hydroxylation is 2. The lowest BCUT2D eigenvalue weighted by atomic mass is 10.0. The summed E-state index contributed by atoms with van der Waals surface area (Å²) in [5.74, 6) is 0.568. The van der Waals surface area contributed by atoms with Crippen molar-refractivity contribution >= 4 is 28.8 Å². The van der Waals surface area contributed by atoms with Crippen LogP contribution in [0, 0.1) is 13.8 Å². The van der Waals surface area contributed by atoms with Crippen molar-refractivity contribution in [3.63, 3.8) is 0 Å². The molecule has 0 radical (unpaired) electrons. The summed E-state index contributed by atoms with van der Waals surface area (Å²) >= 11 is 1.44. The first-order valence-electron chi connectivity index (χ1n) is 10.3. The van der Waals surface area contributed by atoms with Crippen LogP contribution in [0.2, 0.25) is 0 Å². The van der Waals surface area contributed by atoms with Crippen LogP contribution >= 0.6 is 11.8 Å². The fourth-order valence-electron chi connectivity index (χ4n) is 3.89. The molecule has 7 nitrogen and oxygen atoms in total. The number of carbonyl (C=O) groups excluding carboxylic acids is 1. The first-order chi connectivity index (χ1) is 14.6. The number of fused-ring (bicyclic) bond motifs is 3. The van der Waals surface area contributed by atoms with Gasteiger partial charge in [0.1, 0.15) is 5.52 Å². The summed E-state index contributed by atoms with van der Waals surface area (Å²) in [4.78, 5) is 14.4. The van der Waals surface area contributed by atoms with E-state index in [1.165, 1.54) is 29.3 Å². The zero-order valence-corrected chi connectivity index (χ0v) is 18.0. The van der Waals surface area contributed by atoms with Gasteiger partial charge in [-0.15, -0.1) is 10.2 Å². The van der Waals surface area contributed by atoms with Gasteiger partial charge in [0, 0.05) is 31.0 Å². The first kappa shape index (κ1) is 19.1. The van der Waals surface area contributed by atoms with Crippen molar-refractivity contribution in [3.8, 4) is 11.3 Å².